The molecule has 5 nitrogen and oxygen atoms in total. The molecule has 96 valence electrons. The molecule has 1 atom stereocenters. The second kappa shape index (κ2) is 3.98. The fourth-order valence-corrected chi connectivity index (χ4v) is 2.53. The first-order valence-electron chi connectivity index (χ1n) is 6.10. The zero-order valence-electron chi connectivity index (χ0n) is 11.1. The van der Waals surface area contributed by atoms with Crippen molar-refractivity contribution in [3.63, 3.8) is 0 Å². The molecule has 0 saturated carbocycles. The van der Waals surface area contributed by atoms with Crippen LogP contribution < -0.4 is 0 Å². The average molecular weight is 239 g/mol. The van der Waals surface area contributed by atoms with E-state index in [-0.39, 0.29) is 29.9 Å². The van der Waals surface area contributed by atoms with E-state index in [4.69, 9.17) is 0 Å². The van der Waals surface area contributed by atoms with Crippen molar-refractivity contribution in [3.05, 3.63) is 0 Å². The van der Waals surface area contributed by atoms with Gasteiger partial charge in [0.1, 0.15) is 6.04 Å². The van der Waals surface area contributed by atoms with Crippen LogP contribution in [0.2, 0.25) is 0 Å². The van der Waals surface area contributed by atoms with Crippen molar-refractivity contribution in [1.82, 2.24) is 14.7 Å². The van der Waals surface area contributed by atoms with Gasteiger partial charge in [-0.2, -0.15) is 0 Å². The number of carbonyl (C=O) groups excluding carboxylic acids is 2. The minimum Gasteiger partial charge on any atom is -0.335 e. The first-order valence-corrected chi connectivity index (χ1v) is 6.10. The molecule has 0 aliphatic carbocycles. The van der Waals surface area contributed by atoms with Gasteiger partial charge in [0, 0.05) is 32.2 Å². The summed E-state index contributed by atoms with van der Waals surface area (Å²) in [6, 6.07) is -0.283. The maximum Gasteiger partial charge on any atom is 0.246 e. The van der Waals surface area contributed by atoms with Crippen molar-refractivity contribution in [1.29, 1.82) is 0 Å². The molecule has 0 aromatic carbocycles. The van der Waals surface area contributed by atoms with E-state index in [0.29, 0.717) is 13.1 Å². The number of nitrogens with zero attached hydrogens (tertiary/aromatic N) is 3. The topological polar surface area (TPSA) is 43.9 Å². The standard InChI is InChI=1S/C12H21N3O2/c1-12(2,3)14-5-6-15-9(7-14)11(17)13(4)8-10(15)16/h9H,5-8H2,1-4H3. The molecule has 2 aliphatic rings. The third-order valence-electron chi connectivity index (χ3n) is 3.68. The highest BCUT2D eigenvalue weighted by molar-refractivity contribution is 5.95. The molecular weight excluding hydrogens is 218 g/mol. The summed E-state index contributed by atoms with van der Waals surface area (Å²) >= 11 is 0. The van der Waals surface area contributed by atoms with Gasteiger partial charge in [-0.15, -0.1) is 0 Å². The first-order chi connectivity index (χ1) is 7.80. The Labute approximate surface area is 102 Å². The Morgan fingerprint density at radius 1 is 1.18 bits per heavy atom. The van der Waals surface area contributed by atoms with Gasteiger partial charge in [0.25, 0.3) is 0 Å². The van der Waals surface area contributed by atoms with Crippen LogP contribution in [0.5, 0.6) is 0 Å². The second-order valence-corrected chi connectivity index (χ2v) is 5.91. The van der Waals surface area contributed by atoms with Crippen molar-refractivity contribution < 1.29 is 9.59 Å². The summed E-state index contributed by atoms with van der Waals surface area (Å²) in [4.78, 5) is 29.5. The fourth-order valence-electron chi connectivity index (χ4n) is 2.53. The SMILES string of the molecule is CN1CC(=O)N2CCN(C(C)(C)C)CC2C1=O. The van der Waals surface area contributed by atoms with Gasteiger partial charge in [-0.25, -0.2) is 0 Å². The highest BCUT2D eigenvalue weighted by Crippen LogP contribution is 2.22. The van der Waals surface area contributed by atoms with Crippen LogP contribution in [-0.4, -0.2) is 71.3 Å². The summed E-state index contributed by atoms with van der Waals surface area (Å²) in [7, 11) is 1.70. The monoisotopic (exact) mass is 239 g/mol. The molecular formula is C12H21N3O2. The Balaban J connectivity index is 2.17. The maximum atomic E-state index is 12.1. The van der Waals surface area contributed by atoms with Crippen LogP contribution in [0.25, 0.3) is 0 Å². The minimum absolute atomic E-state index is 0.0471. The van der Waals surface area contributed by atoms with E-state index in [0.717, 1.165) is 6.54 Å². The van der Waals surface area contributed by atoms with Crippen molar-refractivity contribution >= 4 is 11.8 Å². The molecule has 1 unspecified atom stereocenters. The highest BCUT2D eigenvalue weighted by Gasteiger charge is 2.42. The van der Waals surface area contributed by atoms with E-state index in [1.807, 2.05) is 0 Å². The van der Waals surface area contributed by atoms with Gasteiger partial charge in [0.05, 0.1) is 6.54 Å². The third-order valence-corrected chi connectivity index (χ3v) is 3.68. The summed E-state index contributed by atoms with van der Waals surface area (Å²) in [6.45, 7) is 8.82. The predicted octanol–water partition coefficient (Wildman–Crippen LogP) is -0.230. The lowest BCUT2D eigenvalue weighted by molar-refractivity contribution is -0.159. The van der Waals surface area contributed by atoms with Gasteiger partial charge in [-0.05, 0) is 20.8 Å². The van der Waals surface area contributed by atoms with Gasteiger partial charge in [-0.1, -0.05) is 0 Å². The van der Waals surface area contributed by atoms with Crippen LogP contribution in [0, 0.1) is 0 Å². The Kier molecular flexibility index (Phi) is 2.89. The molecule has 0 spiro atoms. The summed E-state index contributed by atoms with van der Waals surface area (Å²) < 4.78 is 0. The van der Waals surface area contributed by atoms with Crippen LogP contribution in [0.1, 0.15) is 20.8 Å². The van der Waals surface area contributed by atoms with Crippen LogP contribution in [0.15, 0.2) is 0 Å². The van der Waals surface area contributed by atoms with E-state index in [1.54, 1.807) is 11.9 Å². The van der Waals surface area contributed by atoms with Crippen LogP contribution in [0.4, 0.5) is 0 Å². The summed E-state index contributed by atoms with van der Waals surface area (Å²) in [5, 5.41) is 0. The molecule has 2 heterocycles. The molecule has 0 N–H and O–H groups in total. The average Bonchev–Trinajstić information content (AvgIpc) is 2.24. The molecule has 0 radical (unpaired) electrons. The lowest BCUT2D eigenvalue weighted by Crippen LogP contribution is -2.68. The molecule has 2 fully saturated rings. The van der Waals surface area contributed by atoms with Crippen LogP contribution in [-0.2, 0) is 9.59 Å². The van der Waals surface area contributed by atoms with E-state index >= 15 is 0 Å². The number of piperazine rings is 2. The van der Waals surface area contributed by atoms with E-state index in [2.05, 4.69) is 25.7 Å². The molecule has 0 bridgehead atoms. The minimum atomic E-state index is -0.283. The van der Waals surface area contributed by atoms with Crippen LogP contribution >= 0.6 is 0 Å². The van der Waals surface area contributed by atoms with Crippen molar-refractivity contribution in [2.75, 3.05) is 33.2 Å². The maximum absolute atomic E-state index is 12.1. The number of hydrogen-bond acceptors (Lipinski definition) is 3. The lowest BCUT2D eigenvalue weighted by atomic mass is 10.00. The van der Waals surface area contributed by atoms with Gasteiger partial charge < -0.3 is 9.80 Å². The number of carbonyl (C=O) groups is 2. The second-order valence-electron chi connectivity index (χ2n) is 5.91. The smallest absolute Gasteiger partial charge is 0.246 e. The number of rotatable bonds is 0. The first kappa shape index (κ1) is 12.4. The third kappa shape index (κ3) is 2.16. The molecule has 17 heavy (non-hydrogen) atoms. The van der Waals surface area contributed by atoms with Gasteiger partial charge in [-0.3, -0.25) is 14.5 Å². The molecule has 2 rings (SSSR count). The Morgan fingerprint density at radius 3 is 2.41 bits per heavy atom. The van der Waals surface area contributed by atoms with E-state index < -0.39 is 0 Å². The Hall–Kier alpha value is -1.10. The predicted molar refractivity (Wildman–Crippen MR) is 64.5 cm³/mol. The molecule has 2 saturated heterocycles. The summed E-state index contributed by atoms with van der Waals surface area (Å²) in [6.07, 6.45) is 0. The Morgan fingerprint density at radius 2 is 1.82 bits per heavy atom. The van der Waals surface area contributed by atoms with Crippen molar-refractivity contribution in [3.8, 4) is 0 Å². The molecule has 0 aromatic heterocycles. The van der Waals surface area contributed by atoms with Gasteiger partial charge in [0.15, 0.2) is 0 Å². The zero-order chi connectivity index (χ0) is 12.8. The highest BCUT2D eigenvalue weighted by atomic mass is 16.2. The molecule has 5 heteroatoms. The lowest BCUT2D eigenvalue weighted by Gasteiger charge is -2.49. The van der Waals surface area contributed by atoms with Crippen LogP contribution in [0.3, 0.4) is 0 Å². The van der Waals surface area contributed by atoms with Gasteiger partial charge in [0.2, 0.25) is 11.8 Å². The summed E-state index contributed by atoms with van der Waals surface area (Å²) in [5.74, 6) is 0.143. The normalized spacial score (nSPS) is 27.4. The fraction of sp³-hybridized carbons (Fsp3) is 0.833. The Bertz CT molecular complexity index is 348. The number of fused-ring (bicyclic) bond motifs is 1. The van der Waals surface area contributed by atoms with E-state index in [1.165, 1.54) is 4.90 Å². The zero-order valence-corrected chi connectivity index (χ0v) is 11.1. The summed E-state index contributed by atoms with van der Waals surface area (Å²) in [5.41, 5.74) is 0.0471. The number of amides is 2. The number of hydrogen-bond donors (Lipinski definition) is 0. The largest absolute Gasteiger partial charge is 0.335 e. The van der Waals surface area contributed by atoms with Crippen molar-refractivity contribution in [2.45, 2.75) is 32.4 Å². The molecule has 0 aromatic rings. The van der Waals surface area contributed by atoms with Gasteiger partial charge >= 0.3 is 0 Å². The van der Waals surface area contributed by atoms with E-state index in [9.17, 15) is 9.59 Å². The quantitative estimate of drug-likeness (QED) is 0.586. The molecule has 2 amide bonds. The molecule has 2 aliphatic heterocycles. The number of likely N-dealkylation sites (N-methyl/N-ethyl adjacent to an activating group) is 1. The van der Waals surface area contributed by atoms with Crippen molar-refractivity contribution in [2.24, 2.45) is 0 Å².